The number of nitrogens with one attached hydrogen (secondary N) is 1. The molecule has 13 nitrogen and oxygen atoms in total. The quantitative estimate of drug-likeness (QED) is 0.415. The van der Waals surface area contributed by atoms with Gasteiger partial charge in [0.15, 0.2) is 17.2 Å². The Bertz CT molecular complexity index is 1060. The molecule has 1 amide bonds. The molecule has 2 heterocycles. The minimum Gasteiger partial charge on any atom is -0.496 e. The summed E-state index contributed by atoms with van der Waals surface area (Å²) in [6.07, 6.45) is 1.40. The van der Waals surface area contributed by atoms with Crippen LogP contribution in [0.5, 0.6) is 17.2 Å². The summed E-state index contributed by atoms with van der Waals surface area (Å²) in [6, 6.07) is 3.30. The number of rotatable bonds is 7. The van der Waals surface area contributed by atoms with Crippen molar-refractivity contribution in [3.05, 3.63) is 29.1 Å². The van der Waals surface area contributed by atoms with Gasteiger partial charge in [0, 0.05) is 11.6 Å². The predicted molar refractivity (Wildman–Crippen MR) is 99.5 cm³/mol. The third-order valence-electron chi connectivity index (χ3n) is 3.86. The van der Waals surface area contributed by atoms with Crippen LogP contribution in [0.25, 0.3) is 5.82 Å². The number of nitrogen functional groups attached to an aromatic ring is 1. The van der Waals surface area contributed by atoms with Crippen molar-refractivity contribution in [1.82, 2.24) is 30.7 Å². The molecule has 0 bridgehead atoms. The minimum absolute atomic E-state index is 0.0393. The lowest BCUT2D eigenvalue weighted by Gasteiger charge is -2.11. The number of carbonyl (C=O) groups is 1. The third kappa shape index (κ3) is 3.78. The number of methoxy groups -OCH3 is 3. The van der Waals surface area contributed by atoms with E-state index in [0.29, 0.717) is 28.5 Å². The zero-order chi connectivity index (χ0) is 21.0. The minimum atomic E-state index is -0.592. The highest BCUT2D eigenvalue weighted by molar-refractivity contribution is 5.95. The maximum Gasteiger partial charge on any atom is 0.292 e. The van der Waals surface area contributed by atoms with Crippen molar-refractivity contribution in [2.24, 2.45) is 5.10 Å². The lowest BCUT2D eigenvalue weighted by molar-refractivity contribution is 0.0946. The van der Waals surface area contributed by atoms with Crippen LogP contribution in [-0.2, 0) is 0 Å². The van der Waals surface area contributed by atoms with Crippen LogP contribution < -0.4 is 25.4 Å². The van der Waals surface area contributed by atoms with Gasteiger partial charge in [0.2, 0.25) is 11.6 Å². The van der Waals surface area contributed by atoms with E-state index < -0.39 is 5.91 Å². The molecule has 3 aromatic rings. The van der Waals surface area contributed by atoms with Crippen LogP contribution >= 0.6 is 0 Å². The first-order chi connectivity index (χ1) is 14.0. The van der Waals surface area contributed by atoms with Gasteiger partial charge in [-0.2, -0.15) is 9.78 Å². The highest BCUT2D eigenvalue weighted by Gasteiger charge is 2.22. The van der Waals surface area contributed by atoms with Crippen molar-refractivity contribution in [3.8, 4) is 23.1 Å². The lowest BCUT2D eigenvalue weighted by atomic mass is 10.2. The zero-order valence-corrected chi connectivity index (χ0v) is 16.0. The first-order valence-electron chi connectivity index (χ1n) is 8.14. The molecule has 0 atom stereocenters. The first-order valence-corrected chi connectivity index (χ1v) is 8.14. The molecule has 0 saturated heterocycles. The molecule has 0 aliphatic heterocycles. The zero-order valence-electron chi connectivity index (χ0n) is 16.0. The molecular weight excluding hydrogens is 384 g/mol. The van der Waals surface area contributed by atoms with Crippen LogP contribution in [0.4, 0.5) is 5.82 Å². The summed E-state index contributed by atoms with van der Waals surface area (Å²) >= 11 is 0. The third-order valence-corrected chi connectivity index (χ3v) is 3.86. The van der Waals surface area contributed by atoms with Crippen LogP contribution in [0, 0.1) is 6.92 Å². The van der Waals surface area contributed by atoms with Crippen molar-refractivity contribution >= 4 is 17.9 Å². The Morgan fingerprint density at radius 1 is 1.17 bits per heavy atom. The molecule has 3 N–H and O–H groups in total. The normalized spacial score (nSPS) is 10.9. The van der Waals surface area contributed by atoms with E-state index >= 15 is 0 Å². The predicted octanol–water partition coefficient (Wildman–Crippen LogP) is 0.331. The number of nitrogens with two attached hydrogens (primary N) is 1. The van der Waals surface area contributed by atoms with Gasteiger partial charge in [-0.3, -0.25) is 4.79 Å². The van der Waals surface area contributed by atoms with Gasteiger partial charge in [0.1, 0.15) is 5.75 Å². The fourth-order valence-corrected chi connectivity index (χ4v) is 2.47. The molecule has 0 aliphatic carbocycles. The van der Waals surface area contributed by atoms with Gasteiger partial charge in [-0.15, -0.1) is 5.10 Å². The molecular formula is C16H18N8O5. The first kappa shape index (κ1) is 19.6. The molecule has 1 aromatic carbocycles. The van der Waals surface area contributed by atoms with Crippen LogP contribution in [-0.4, -0.2) is 58.8 Å². The van der Waals surface area contributed by atoms with Gasteiger partial charge >= 0.3 is 0 Å². The van der Waals surface area contributed by atoms with Crippen LogP contribution in [0.1, 0.15) is 21.7 Å². The average molecular weight is 402 g/mol. The maximum atomic E-state index is 12.6. The van der Waals surface area contributed by atoms with Crippen LogP contribution in [0.3, 0.4) is 0 Å². The number of aromatic nitrogens is 5. The molecule has 0 spiro atoms. The number of amides is 1. The Kier molecular flexibility index (Phi) is 5.57. The lowest BCUT2D eigenvalue weighted by Crippen LogP contribution is -2.22. The largest absolute Gasteiger partial charge is 0.496 e. The Labute approximate surface area is 164 Å². The number of benzene rings is 1. The second-order valence-corrected chi connectivity index (χ2v) is 5.56. The van der Waals surface area contributed by atoms with Crippen molar-refractivity contribution in [2.45, 2.75) is 6.92 Å². The van der Waals surface area contributed by atoms with Gasteiger partial charge in [0.25, 0.3) is 5.91 Å². The molecule has 0 fully saturated rings. The van der Waals surface area contributed by atoms with E-state index in [0.717, 1.165) is 4.68 Å². The number of aryl methyl sites for hydroxylation is 1. The summed E-state index contributed by atoms with van der Waals surface area (Å²) in [7, 11) is 4.53. The molecule has 13 heteroatoms. The fraction of sp³-hybridized carbons (Fsp3) is 0.250. The Morgan fingerprint density at radius 2 is 1.86 bits per heavy atom. The number of hydrazone groups is 1. The topological polar surface area (TPSA) is 165 Å². The van der Waals surface area contributed by atoms with Crippen LogP contribution in [0.2, 0.25) is 0 Å². The van der Waals surface area contributed by atoms with Gasteiger partial charge < -0.3 is 19.9 Å². The molecule has 0 unspecified atom stereocenters. The number of hydrogen-bond donors (Lipinski definition) is 2. The van der Waals surface area contributed by atoms with E-state index in [-0.39, 0.29) is 17.3 Å². The summed E-state index contributed by atoms with van der Waals surface area (Å²) in [6.45, 7) is 1.60. The standard InChI is InChI=1S/C16H18N8O5/c1-8-13(24(23-19-8)15-14(17)21-29-22-15)16(25)20-18-7-9-5-11(27-3)12(28-4)6-10(9)26-2/h5-7H,1-4H3,(H2,17,21)(H,20,25)/b18-7+. The average Bonchev–Trinajstić information content (AvgIpc) is 3.32. The molecule has 29 heavy (non-hydrogen) atoms. The Hall–Kier alpha value is -4.16. The number of ether oxygens (including phenoxy) is 3. The number of anilines is 1. The van der Waals surface area contributed by atoms with E-state index in [1.54, 1.807) is 19.1 Å². The monoisotopic (exact) mass is 402 g/mol. The van der Waals surface area contributed by atoms with Crippen molar-refractivity contribution in [2.75, 3.05) is 27.1 Å². The van der Waals surface area contributed by atoms with Crippen LogP contribution in [0.15, 0.2) is 21.9 Å². The summed E-state index contributed by atoms with van der Waals surface area (Å²) in [5.74, 6) is 0.863. The van der Waals surface area contributed by atoms with E-state index in [1.807, 2.05) is 0 Å². The number of hydrogen-bond acceptors (Lipinski definition) is 11. The van der Waals surface area contributed by atoms with Crippen molar-refractivity contribution in [3.63, 3.8) is 0 Å². The summed E-state index contributed by atoms with van der Waals surface area (Å²) in [4.78, 5) is 12.6. The molecule has 152 valence electrons. The van der Waals surface area contributed by atoms with Crippen molar-refractivity contribution in [1.29, 1.82) is 0 Å². The van der Waals surface area contributed by atoms with Gasteiger partial charge in [-0.05, 0) is 23.3 Å². The van der Waals surface area contributed by atoms with E-state index in [9.17, 15) is 4.79 Å². The summed E-state index contributed by atoms with van der Waals surface area (Å²) in [5, 5.41) is 18.7. The molecule has 3 rings (SSSR count). The van der Waals surface area contributed by atoms with Gasteiger partial charge in [-0.1, -0.05) is 5.21 Å². The molecule has 0 radical (unpaired) electrons. The molecule has 2 aromatic heterocycles. The smallest absolute Gasteiger partial charge is 0.292 e. The van der Waals surface area contributed by atoms with Gasteiger partial charge in [-0.25, -0.2) is 10.1 Å². The summed E-state index contributed by atoms with van der Waals surface area (Å²) in [5.41, 5.74) is 9.02. The SMILES string of the molecule is COc1cc(OC)c(OC)cc1/C=N/NC(=O)c1c(C)nnn1-c1nonc1N. The van der Waals surface area contributed by atoms with Crippen molar-refractivity contribution < 1.29 is 23.6 Å². The Balaban J connectivity index is 1.85. The summed E-state index contributed by atoms with van der Waals surface area (Å²) < 4.78 is 21.5. The Morgan fingerprint density at radius 3 is 2.48 bits per heavy atom. The van der Waals surface area contributed by atoms with E-state index in [2.05, 4.69) is 35.8 Å². The fourth-order valence-electron chi connectivity index (χ4n) is 2.47. The van der Waals surface area contributed by atoms with E-state index in [1.165, 1.54) is 27.5 Å². The second-order valence-electron chi connectivity index (χ2n) is 5.56. The molecule has 0 aliphatic rings. The second kappa shape index (κ2) is 8.24. The number of carbonyl (C=O) groups excluding carboxylic acids is 1. The van der Waals surface area contributed by atoms with Gasteiger partial charge in [0.05, 0.1) is 33.2 Å². The number of nitrogens with zero attached hydrogens (tertiary/aromatic N) is 6. The highest BCUT2D eigenvalue weighted by Crippen LogP contribution is 2.33. The maximum absolute atomic E-state index is 12.6. The molecule has 0 saturated carbocycles. The highest BCUT2D eigenvalue weighted by atomic mass is 16.6. The van der Waals surface area contributed by atoms with E-state index in [4.69, 9.17) is 19.9 Å².